The standard InChI is InChI=1S/C25H21F2N3O4S2/c1-3-11-29(12-4-2)36(32,33)20-9-7-17(8-10-20)24(31)30(16-19-6-5-13-34-19)25-28-23-21(27)14-18(26)15-22(23)35-25/h3-10,13-15H,1-2,11-12,16H2. The molecule has 2 aromatic heterocycles. The van der Waals surface area contributed by atoms with Crippen LogP contribution in [0.15, 0.2) is 89.4 Å². The Kier molecular flexibility index (Phi) is 7.43. The van der Waals surface area contributed by atoms with E-state index in [1.807, 2.05) is 0 Å². The highest BCUT2D eigenvalue weighted by Gasteiger charge is 2.26. The average molecular weight is 530 g/mol. The monoisotopic (exact) mass is 529 g/mol. The van der Waals surface area contributed by atoms with Gasteiger partial charge in [-0.1, -0.05) is 23.5 Å². The van der Waals surface area contributed by atoms with Crippen molar-refractivity contribution in [3.8, 4) is 0 Å². The predicted molar refractivity (Wildman–Crippen MR) is 134 cm³/mol. The molecule has 0 radical (unpaired) electrons. The molecule has 4 aromatic rings. The minimum Gasteiger partial charge on any atom is -0.467 e. The molecule has 0 N–H and O–H groups in total. The third-order valence-corrected chi connectivity index (χ3v) is 8.05. The summed E-state index contributed by atoms with van der Waals surface area (Å²) in [5, 5.41) is 0.135. The van der Waals surface area contributed by atoms with E-state index in [0.29, 0.717) is 5.76 Å². The zero-order valence-corrected chi connectivity index (χ0v) is 20.6. The number of rotatable bonds is 10. The van der Waals surface area contributed by atoms with Crippen molar-refractivity contribution in [2.75, 3.05) is 18.0 Å². The molecule has 2 aromatic carbocycles. The van der Waals surface area contributed by atoms with Crippen molar-refractivity contribution in [2.45, 2.75) is 11.4 Å². The van der Waals surface area contributed by atoms with Crippen molar-refractivity contribution in [2.24, 2.45) is 0 Å². The Morgan fingerprint density at radius 2 is 1.78 bits per heavy atom. The molecule has 0 aliphatic carbocycles. The van der Waals surface area contributed by atoms with Gasteiger partial charge in [0.05, 0.1) is 22.4 Å². The van der Waals surface area contributed by atoms with Crippen LogP contribution >= 0.6 is 11.3 Å². The first-order valence-electron chi connectivity index (χ1n) is 10.7. The van der Waals surface area contributed by atoms with E-state index in [2.05, 4.69) is 18.1 Å². The van der Waals surface area contributed by atoms with Crippen LogP contribution in [0.2, 0.25) is 0 Å². The van der Waals surface area contributed by atoms with Crippen molar-refractivity contribution in [1.82, 2.24) is 9.29 Å². The first kappa shape index (κ1) is 25.4. The fourth-order valence-electron chi connectivity index (χ4n) is 3.48. The summed E-state index contributed by atoms with van der Waals surface area (Å²) in [4.78, 5) is 19.0. The maximum absolute atomic E-state index is 14.3. The lowest BCUT2D eigenvalue weighted by Crippen LogP contribution is -2.32. The molecule has 0 aliphatic rings. The minimum atomic E-state index is -3.84. The van der Waals surface area contributed by atoms with Crippen LogP contribution in [0, 0.1) is 11.6 Å². The van der Waals surface area contributed by atoms with Crippen LogP contribution in [0.4, 0.5) is 13.9 Å². The summed E-state index contributed by atoms with van der Waals surface area (Å²) in [5.74, 6) is -1.67. The molecule has 4 rings (SSSR count). The number of hydrogen-bond donors (Lipinski definition) is 0. The quantitative estimate of drug-likeness (QED) is 0.258. The van der Waals surface area contributed by atoms with Crippen molar-refractivity contribution >= 4 is 42.6 Å². The molecule has 0 saturated heterocycles. The zero-order valence-electron chi connectivity index (χ0n) is 18.9. The number of sulfonamides is 1. The van der Waals surface area contributed by atoms with Crippen molar-refractivity contribution in [3.05, 3.63) is 103 Å². The maximum Gasteiger partial charge on any atom is 0.260 e. The number of hydrogen-bond acceptors (Lipinski definition) is 6. The predicted octanol–water partition coefficient (Wildman–Crippen LogP) is 5.38. The second-order valence-electron chi connectivity index (χ2n) is 7.63. The summed E-state index contributed by atoms with van der Waals surface area (Å²) < 4.78 is 60.7. The number of furan rings is 1. The highest BCUT2D eigenvalue weighted by atomic mass is 32.2. The molecular formula is C25H21F2N3O4S2. The minimum absolute atomic E-state index is 0.00197. The van der Waals surface area contributed by atoms with Gasteiger partial charge in [0.1, 0.15) is 17.1 Å². The van der Waals surface area contributed by atoms with Crippen LogP contribution in [0.5, 0.6) is 0 Å². The molecule has 1 amide bonds. The molecule has 0 unspecified atom stereocenters. The number of nitrogens with zero attached hydrogens (tertiary/aromatic N) is 3. The molecule has 2 heterocycles. The number of carbonyl (C=O) groups excluding carboxylic acids is 1. The van der Waals surface area contributed by atoms with Crippen molar-refractivity contribution in [1.29, 1.82) is 0 Å². The number of halogens is 2. The van der Waals surface area contributed by atoms with Gasteiger partial charge in [-0.3, -0.25) is 9.69 Å². The fraction of sp³-hybridized carbons (Fsp3) is 0.120. The summed E-state index contributed by atoms with van der Waals surface area (Å²) >= 11 is 0.952. The Bertz CT molecular complexity index is 1500. The number of fused-ring (bicyclic) bond motifs is 1. The molecule has 186 valence electrons. The highest BCUT2D eigenvalue weighted by molar-refractivity contribution is 7.89. The van der Waals surface area contributed by atoms with E-state index in [9.17, 15) is 22.0 Å². The molecule has 0 spiro atoms. The normalized spacial score (nSPS) is 11.6. The molecule has 0 saturated carbocycles. The summed E-state index contributed by atoms with van der Waals surface area (Å²) in [7, 11) is -3.84. The second-order valence-corrected chi connectivity index (χ2v) is 10.6. The van der Waals surface area contributed by atoms with Crippen LogP contribution in [-0.2, 0) is 16.6 Å². The van der Waals surface area contributed by atoms with Gasteiger partial charge in [-0.2, -0.15) is 4.31 Å². The zero-order chi connectivity index (χ0) is 25.9. The van der Waals surface area contributed by atoms with Gasteiger partial charge in [0.15, 0.2) is 10.9 Å². The number of aromatic nitrogens is 1. The number of thiazole rings is 1. The number of amides is 1. The van der Waals surface area contributed by atoms with Gasteiger partial charge < -0.3 is 4.42 Å². The van der Waals surface area contributed by atoms with E-state index in [1.165, 1.54) is 51.9 Å². The van der Waals surface area contributed by atoms with Gasteiger partial charge in [-0.05, 0) is 42.5 Å². The van der Waals surface area contributed by atoms with Crippen LogP contribution in [0.1, 0.15) is 16.1 Å². The van der Waals surface area contributed by atoms with E-state index >= 15 is 0 Å². The Hall–Kier alpha value is -3.67. The lowest BCUT2D eigenvalue weighted by molar-refractivity contribution is 0.0983. The molecule has 0 aliphatic heterocycles. The molecular weight excluding hydrogens is 508 g/mol. The van der Waals surface area contributed by atoms with E-state index in [4.69, 9.17) is 4.42 Å². The number of benzene rings is 2. The molecule has 0 atom stereocenters. The van der Waals surface area contributed by atoms with Gasteiger partial charge in [0.25, 0.3) is 5.91 Å². The molecule has 36 heavy (non-hydrogen) atoms. The van der Waals surface area contributed by atoms with Crippen LogP contribution in [0.3, 0.4) is 0 Å². The lowest BCUT2D eigenvalue weighted by Gasteiger charge is -2.20. The molecule has 7 nitrogen and oxygen atoms in total. The first-order valence-corrected chi connectivity index (χ1v) is 12.9. The van der Waals surface area contributed by atoms with Crippen LogP contribution in [0.25, 0.3) is 10.2 Å². The Morgan fingerprint density at radius 1 is 1.08 bits per heavy atom. The van der Waals surface area contributed by atoms with Gasteiger partial charge in [-0.15, -0.1) is 13.2 Å². The Balaban J connectivity index is 1.69. The van der Waals surface area contributed by atoms with E-state index in [1.54, 1.807) is 12.1 Å². The van der Waals surface area contributed by atoms with Crippen molar-refractivity contribution < 1.29 is 26.4 Å². The van der Waals surface area contributed by atoms with E-state index in [0.717, 1.165) is 23.5 Å². The number of carbonyl (C=O) groups is 1. The summed E-state index contributed by atoms with van der Waals surface area (Å²) in [6.07, 6.45) is 4.39. The Morgan fingerprint density at radius 3 is 2.39 bits per heavy atom. The molecule has 0 bridgehead atoms. The lowest BCUT2D eigenvalue weighted by atomic mass is 10.2. The summed E-state index contributed by atoms with van der Waals surface area (Å²) in [6, 6.07) is 10.6. The van der Waals surface area contributed by atoms with E-state index in [-0.39, 0.29) is 45.4 Å². The van der Waals surface area contributed by atoms with Crippen LogP contribution in [-0.4, -0.2) is 36.7 Å². The van der Waals surface area contributed by atoms with Gasteiger partial charge >= 0.3 is 0 Å². The van der Waals surface area contributed by atoms with Gasteiger partial charge in [-0.25, -0.2) is 22.2 Å². The fourth-order valence-corrected chi connectivity index (χ4v) is 5.86. The third kappa shape index (κ3) is 5.13. The van der Waals surface area contributed by atoms with Gasteiger partial charge in [0, 0.05) is 24.7 Å². The SMILES string of the molecule is C=CCN(CC=C)S(=O)(=O)c1ccc(C(=O)N(Cc2ccco2)c2nc3c(F)cc(F)cc3s2)cc1. The number of anilines is 1. The first-order chi connectivity index (χ1) is 17.2. The third-order valence-electron chi connectivity index (χ3n) is 5.18. The largest absolute Gasteiger partial charge is 0.467 e. The van der Waals surface area contributed by atoms with Crippen LogP contribution < -0.4 is 4.90 Å². The summed E-state index contributed by atoms with van der Waals surface area (Å²) in [5.41, 5.74) is 0.116. The van der Waals surface area contributed by atoms with E-state index < -0.39 is 27.6 Å². The topological polar surface area (TPSA) is 83.7 Å². The molecule has 0 fully saturated rings. The van der Waals surface area contributed by atoms with Crippen molar-refractivity contribution in [3.63, 3.8) is 0 Å². The summed E-state index contributed by atoms with van der Waals surface area (Å²) in [6.45, 7) is 7.34. The molecule has 11 heteroatoms. The highest BCUT2D eigenvalue weighted by Crippen LogP contribution is 2.33. The average Bonchev–Trinajstić information content (AvgIpc) is 3.52. The second kappa shape index (κ2) is 10.5. The Labute approximate surface area is 210 Å². The maximum atomic E-state index is 14.3. The van der Waals surface area contributed by atoms with Gasteiger partial charge in [0.2, 0.25) is 10.0 Å². The smallest absolute Gasteiger partial charge is 0.260 e.